The minimum atomic E-state index is -0.773. The Labute approximate surface area is 54.0 Å². The summed E-state index contributed by atoms with van der Waals surface area (Å²) < 4.78 is 0. The fourth-order valence-corrected chi connectivity index (χ4v) is 0.388. The van der Waals surface area contributed by atoms with Crippen LogP contribution in [0.3, 0.4) is 0 Å². The molecule has 0 saturated carbocycles. The number of amides is 1. The van der Waals surface area contributed by atoms with Crippen LogP contribution in [0.2, 0.25) is 0 Å². The third-order valence-electron chi connectivity index (χ3n) is 0.884. The van der Waals surface area contributed by atoms with E-state index in [1.165, 1.54) is 0 Å². The van der Waals surface area contributed by atoms with Gasteiger partial charge in [-0.15, -0.1) is 0 Å². The van der Waals surface area contributed by atoms with E-state index in [2.05, 4.69) is 5.32 Å². The van der Waals surface area contributed by atoms with Crippen molar-refractivity contribution in [1.82, 2.24) is 5.32 Å². The number of hydrogen-bond donors (Lipinski definition) is 3. The second-order valence-corrected chi connectivity index (χ2v) is 1.68. The molecule has 0 aromatic heterocycles. The molecule has 0 spiro atoms. The number of likely N-dealkylation sites (N-methyl/N-ethyl adjacent to an activating group) is 1. The Morgan fingerprint density at radius 2 is 2.44 bits per heavy atom. The molecule has 4 N–H and O–H groups in total. The van der Waals surface area contributed by atoms with Crippen molar-refractivity contribution in [3.8, 4) is 0 Å². The molecule has 1 amide bonds. The maximum Gasteiger partial charge on any atom is 0.239 e. The lowest BCUT2D eigenvalue weighted by Gasteiger charge is -2.05. The van der Waals surface area contributed by atoms with Gasteiger partial charge in [-0.2, -0.15) is 0 Å². The molecule has 54 valence electrons. The van der Waals surface area contributed by atoms with Crippen molar-refractivity contribution in [3.63, 3.8) is 0 Å². The van der Waals surface area contributed by atoms with Gasteiger partial charge in [0.2, 0.25) is 5.91 Å². The zero-order chi connectivity index (χ0) is 7.28. The Kier molecular flexibility index (Phi) is 4.00. The zero-order valence-electron chi connectivity index (χ0n) is 5.42. The zero-order valence-corrected chi connectivity index (χ0v) is 5.42. The molecule has 9 heavy (non-hydrogen) atoms. The molecule has 0 bridgehead atoms. The van der Waals surface area contributed by atoms with Crippen LogP contribution >= 0.6 is 0 Å². The Bertz CT molecular complexity index is 95.0. The van der Waals surface area contributed by atoms with Gasteiger partial charge in [-0.1, -0.05) is 0 Å². The van der Waals surface area contributed by atoms with E-state index in [-0.39, 0.29) is 12.5 Å². The van der Waals surface area contributed by atoms with Gasteiger partial charge in [0, 0.05) is 6.54 Å². The largest absolute Gasteiger partial charge is 0.394 e. The summed E-state index contributed by atoms with van der Waals surface area (Å²) >= 11 is 0. The summed E-state index contributed by atoms with van der Waals surface area (Å²) in [6.07, 6.45) is 0. The van der Waals surface area contributed by atoms with E-state index in [0.717, 1.165) is 0 Å². The number of nitrogens with two attached hydrogens (primary N) is 1. The number of carbonyl (C=O) groups is 1. The highest BCUT2D eigenvalue weighted by Crippen LogP contribution is 1.73. The maximum absolute atomic E-state index is 10.6. The van der Waals surface area contributed by atoms with E-state index >= 15 is 0 Å². The van der Waals surface area contributed by atoms with Crippen molar-refractivity contribution >= 4 is 5.91 Å². The van der Waals surface area contributed by atoms with Crippen molar-refractivity contribution < 1.29 is 9.90 Å². The van der Waals surface area contributed by atoms with Crippen LogP contribution in [0, 0.1) is 0 Å². The van der Waals surface area contributed by atoms with Gasteiger partial charge in [0.15, 0.2) is 0 Å². The number of rotatable bonds is 3. The fraction of sp³-hybridized carbons (Fsp3) is 0.800. The van der Waals surface area contributed by atoms with Crippen LogP contribution in [-0.2, 0) is 4.79 Å². The van der Waals surface area contributed by atoms with Crippen molar-refractivity contribution in [2.45, 2.75) is 13.0 Å². The van der Waals surface area contributed by atoms with Crippen LogP contribution in [-0.4, -0.2) is 30.2 Å². The molecule has 0 aromatic rings. The maximum atomic E-state index is 10.6. The predicted octanol–water partition coefficient (Wildman–Crippen LogP) is -1.56. The number of carbonyl (C=O) groups excluding carboxylic acids is 1. The van der Waals surface area contributed by atoms with Crippen LogP contribution in [0.1, 0.15) is 6.92 Å². The Hall–Kier alpha value is -0.610. The minimum Gasteiger partial charge on any atom is -0.394 e. The summed E-state index contributed by atoms with van der Waals surface area (Å²) in [4.78, 5) is 10.6. The third-order valence-corrected chi connectivity index (χ3v) is 0.884. The predicted molar refractivity (Wildman–Crippen MR) is 33.7 cm³/mol. The summed E-state index contributed by atoms with van der Waals surface area (Å²) in [6.45, 7) is 2.04. The summed E-state index contributed by atoms with van der Waals surface area (Å²) in [5, 5.41) is 10.8. The van der Waals surface area contributed by atoms with Crippen LogP contribution in [0.15, 0.2) is 0 Å². The first-order valence-corrected chi connectivity index (χ1v) is 2.86. The van der Waals surface area contributed by atoms with Crippen molar-refractivity contribution in [2.75, 3.05) is 13.2 Å². The molecule has 0 rings (SSSR count). The first kappa shape index (κ1) is 8.39. The van der Waals surface area contributed by atoms with Gasteiger partial charge in [-0.3, -0.25) is 4.79 Å². The lowest BCUT2D eigenvalue weighted by Crippen LogP contribution is -2.42. The second-order valence-electron chi connectivity index (χ2n) is 1.68. The molecular formula is C5H12N2O2. The molecule has 0 radical (unpaired) electrons. The van der Waals surface area contributed by atoms with Gasteiger partial charge in [0.25, 0.3) is 0 Å². The lowest BCUT2D eigenvalue weighted by atomic mass is 10.3. The van der Waals surface area contributed by atoms with E-state index in [1.807, 2.05) is 0 Å². The molecule has 0 aliphatic rings. The SMILES string of the molecule is CCNC(=O)[C@H](N)CO. The van der Waals surface area contributed by atoms with Gasteiger partial charge in [-0.25, -0.2) is 0 Å². The topological polar surface area (TPSA) is 75.4 Å². The van der Waals surface area contributed by atoms with Gasteiger partial charge < -0.3 is 16.2 Å². The van der Waals surface area contributed by atoms with E-state index in [1.54, 1.807) is 6.92 Å². The molecule has 0 unspecified atom stereocenters. The summed E-state index contributed by atoms with van der Waals surface area (Å²) in [7, 11) is 0. The smallest absolute Gasteiger partial charge is 0.239 e. The quantitative estimate of drug-likeness (QED) is 0.435. The molecule has 0 aromatic carbocycles. The monoisotopic (exact) mass is 132 g/mol. The standard InChI is InChI=1S/C5H12N2O2/c1-2-7-5(9)4(6)3-8/h4,8H,2-3,6H2,1H3,(H,7,9)/t4-/m1/s1. The number of aliphatic hydroxyl groups is 1. The van der Waals surface area contributed by atoms with Gasteiger partial charge in [0.05, 0.1) is 6.61 Å². The molecular weight excluding hydrogens is 120 g/mol. The molecule has 1 atom stereocenters. The molecule has 0 aliphatic carbocycles. The van der Waals surface area contributed by atoms with E-state index in [0.29, 0.717) is 6.54 Å². The number of aliphatic hydroxyl groups excluding tert-OH is 1. The Morgan fingerprint density at radius 3 is 2.78 bits per heavy atom. The van der Waals surface area contributed by atoms with E-state index < -0.39 is 6.04 Å². The Morgan fingerprint density at radius 1 is 1.89 bits per heavy atom. The highest BCUT2D eigenvalue weighted by atomic mass is 16.3. The van der Waals surface area contributed by atoms with Crippen LogP contribution in [0.5, 0.6) is 0 Å². The first-order chi connectivity index (χ1) is 4.22. The average molecular weight is 132 g/mol. The molecule has 0 fully saturated rings. The van der Waals surface area contributed by atoms with Crippen LogP contribution < -0.4 is 11.1 Å². The normalized spacial score (nSPS) is 12.8. The summed E-state index contributed by atoms with van der Waals surface area (Å²) in [6, 6.07) is -0.773. The number of hydrogen-bond acceptors (Lipinski definition) is 3. The minimum absolute atomic E-state index is 0.300. The highest BCUT2D eigenvalue weighted by Gasteiger charge is 2.08. The fourth-order valence-electron chi connectivity index (χ4n) is 0.388. The van der Waals surface area contributed by atoms with Crippen molar-refractivity contribution in [3.05, 3.63) is 0 Å². The van der Waals surface area contributed by atoms with Crippen LogP contribution in [0.4, 0.5) is 0 Å². The Balaban J connectivity index is 3.46. The average Bonchev–Trinajstić information content (AvgIpc) is 1.87. The van der Waals surface area contributed by atoms with E-state index in [4.69, 9.17) is 10.8 Å². The summed E-state index contributed by atoms with van der Waals surface area (Å²) in [5.74, 6) is -0.306. The highest BCUT2D eigenvalue weighted by molar-refractivity contribution is 5.81. The van der Waals surface area contributed by atoms with Crippen molar-refractivity contribution in [2.24, 2.45) is 5.73 Å². The van der Waals surface area contributed by atoms with Gasteiger partial charge in [-0.05, 0) is 6.92 Å². The first-order valence-electron chi connectivity index (χ1n) is 2.86. The molecule has 4 nitrogen and oxygen atoms in total. The molecule has 0 heterocycles. The lowest BCUT2D eigenvalue weighted by molar-refractivity contribution is -0.123. The number of nitrogens with one attached hydrogen (secondary N) is 1. The molecule has 4 heteroatoms. The van der Waals surface area contributed by atoms with E-state index in [9.17, 15) is 4.79 Å². The van der Waals surface area contributed by atoms with Gasteiger partial charge >= 0.3 is 0 Å². The third kappa shape index (κ3) is 3.05. The molecule has 0 aliphatic heterocycles. The van der Waals surface area contributed by atoms with Crippen LogP contribution in [0.25, 0.3) is 0 Å². The van der Waals surface area contributed by atoms with Crippen molar-refractivity contribution in [1.29, 1.82) is 0 Å². The molecule has 0 saturated heterocycles. The van der Waals surface area contributed by atoms with Gasteiger partial charge in [0.1, 0.15) is 6.04 Å². The summed E-state index contributed by atoms with van der Waals surface area (Å²) in [5.41, 5.74) is 5.14. The second kappa shape index (κ2) is 4.29.